The van der Waals surface area contributed by atoms with Gasteiger partial charge in [-0.25, -0.2) is 9.98 Å². The van der Waals surface area contributed by atoms with Crippen LogP contribution in [0.5, 0.6) is 0 Å². The SMILES string of the molecule is CCNC(=NCc1coc(-c2ccccc2)n1)NCCN1C(=O)C2C3C=CC(C3)C2C1=O. The number of aromatic nitrogens is 1. The number of amides is 2. The maximum absolute atomic E-state index is 12.8. The summed E-state index contributed by atoms with van der Waals surface area (Å²) in [5, 5.41) is 6.41. The van der Waals surface area contributed by atoms with Crippen molar-refractivity contribution in [3.05, 3.63) is 54.4 Å². The van der Waals surface area contributed by atoms with Crippen LogP contribution >= 0.6 is 0 Å². The van der Waals surface area contributed by atoms with Crippen molar-refractivity contribution < 1.29 is 14.0 Å². The number of nitrogens with one attached hydrogen (secondary N) is 2. The van der Waals surface area contributed by atoms with Crippen LogP contribution in [0.3, 0.4) is 0 Å². The maximum Gasteiger partial charge on any atom is 0.233 e. The number of hydrogen-bond donors (Lipinski definition) is 2. The van der Waals surface area contributed by atoms with Crippen LogP contribution in [-0.4, -0.2) is 47.3 Å². The van der Waals surface area contributed by atoms with E-state index in [0.717, 1.165) is 17.7 Å². The van der Waals surface area contributed by atoms with Crippen LogP contribution in [0.25, 0.3) is 11.5 Å². The number of nitrogens with zero attached hydrogens (tertiary/aromatic N) is 3. The van der Waals surface area contributed by atoms with Crippen LogP contribution in [0.4, 0.5) is 0 Å². The number of hydrogen-bond acceptors (Lipinski definition) is 5. The van der Waals surface area contributed by atoms with E-state index in [2.05, 4.69) is 32.8 Å². The van der Waals surface area contributed by atoms with E-state index in [1.807, 2.05) is 37.3 Å². The van der Waals surface area contributed by atoms with Crippen molar-refractivity contribution in [1.29, 1.82) is 0 Å². The average Bonchev–Trinajstić information content (AvgIpc) is 3.59. The van der Waals surface area contributed by atoms with E-state index < -0.39 is 0 Å². The first kappa shape index (κ1) is 20.5. The second-order valence-corrected chi connectivity index (χ2v) is 8.46. The highest BCUT2D eigenvalue weighted by Crippen LogP contribution is 2.52. The van der Waals surface area contributed by atoms with Crippen LogP contribution in [0, 0.1) is 23.7 Å². The molecule has 4 atom stereocenters. The molecule has 1 saturated heterocycles. The van der Waals surface area contributed by atoms with E-state index in [9.17, 15) is 9.59 Å². The van der Waals surface area contributed by atoms with Crippen LogP contribution in [-0.2, 0) is 16.1 Å². The molecule has 1 aliphatic heterocycles. The van der Waals surface area contributed by atoms with Gasteiger partial charge in [0, 0.05) is 25.2 Å². The standard InChI is InChI=1S/C24H27N5O3/c1-2-25-24(27-13-18-14-32-21(28-18)15-6-4-3-5-7-15)26-10-11-29-22(30)19-16-8-9-17(12-16)20(19)23(29)31/h3-9,14,16-17,19-20H,2,10-13H2,1H3,(H2,25,26,27). The third-order valence-electron chi connectivity index (χ3n) is 6.51. The number of oxazole rings is 1. The fraction of sp³-hybridized carbons (Fsp3) is 0.417. The van der Waals surface area contributed by atoms with E-state index in [0.29, 0.717) is 38.0 Å². The Morgan fingerprint density at radius 3 is 2.53 bits per heavy atom. The first-order chi connectivity index (χ1) is 15.7. The highest BCUT2D eigenvalue weighted by atomic mass is 16.3. The number of carbonyl (C=O) groups excluding carboxylic acids is 2. The summed E-state index contributed by atoms with van der Waals surface area (Å²) in [6.45, 7) is 3.82. The summed E-state index contributed by atoms with van der Waals surface area (Å²) in [5.74, 6) is 1.32. The molecule has 1 aromatic carbocycles. The fourth-order valence-corrected chi connectivity index (χ4v) is 5.07. The molecule has 1 aromatic heterocycles. The Labute approximate surface area is 186 Å². The van der Waals surface area contributed by atoms with E-state index in [-0.39, 0.29) is 35.5 Å². The fourth-order valence-electron chi connectivity index (χ4n) is 5.07. The zero-order valence-electron chi connectivity index (χ0n) is 18.0. The number of guanidine groups is 1. The molecule has 2 fully saturated rings. The molecule has 0 radical (unpaired) electrons. The van der Waals surface area contributed by atoms with Gasteiger partial charge in [-0.2, -0.15) is 0 Å². The molecule has 2 amide bonds. The summed E-state index contributed by atoms with van der Waals surface area (Å²) in [7, 11) is 0. The molecule has 2 N–H and O–H groups in total. The molecule has 166 valence electrons. The van der Waals surface area contributed by atoms with E-state index in [1.54, 1.807) is 6.26 Å². The van der Waals surface area contributed by atoms with Gasteiger partial charge in [0.15, 0.2) is 5.96 Å². The Kier molecular flexibility index (Phi) is 5.51. The molecule has 2 aromatic rings. The number of carbonyl (C=O) groups is 2. The number of imide groups is 1. The number of likely N-dealkylation sites (tertiary alicyclic amines) is 1. The molecular weight excluding hydrogens is 406 g/mol. The third-order valence-corrected chi connectivity index (χ3v) is 6.51. The molecule has 0 spiro atoms. The molecular formula is C24H27N5O3. The smallest absolute Gasteiger partial charge is 0.233 e. The third kappa shape index (κ3) is 3.70. The minimum atomic E-state index is -0.148. The van der Waals surface area contributed by atoms with Crippen LogP contribution in [0.2, 0.25) is 0 Å². The van der Waals surface area contributed by atoms with E-state index in [4.69, 9.17) is 4.42 Å². The van der Waals surface area contributed by atoms with Crippen molar-refractivity contribution in [2.24, 2.45) is 28.7 Å². The number of allylic oxidation sites excluding steroid dienone is 2. The van der Waals surface area contributed by atoms with Gasteiger partial charge in [-0.1, -0.05) is 30.4 Å². The topological polar surface area (TPSA) is 99.8 Å². The lowest BCUT2D eigenvalue weighted by Gasteiger charge is -2.18. The maximum atomic E-state index is 12.8. The second kappa shape index (κ2) is 8.61. The predicted molar refractivity (Wildman–Crippen MR) is 119 cm³/mol. The Balaban J connectivity index is 1.17. The first-order valence-electron chi connectivity index (χ1n) is 11.2. The Morgan fingerprint density at radius 2 is 1.84 bits per heavy atom. The minimum Gasteiger partial charge on any atom is -0.444 e. The highest BCUT2D eigenvalue weighted by molar-refractivity contribution is 6.06. The quantitative estimate of drug-likeness (QED) is 0.301. The summed E-state index contributed by atoms with van der Waals surface area (Å²) >= 11 is 0. The molecule has 8 nitrogen and oxygen atoms in total. The Bertz CT molecular complexity index is 1030. The molecule has 3 aliphatic rings. The van der Waals surface area contributed by atoms with Gasteiger partial charge in [0.2, 0.25) is 17.7 Å². The van der Waals surface area contributed by atoms with E-state index >= 15 is 0 Å². The Hall–Kier alpha value is -3.42. The molecule has 2 heterocycles. The van der Waals surface area contributed by atoms with Crippen molar-refractivity contribution in [2.45, 2.75) is 19.9 Å². The largest absolute Gasteiger partial charge is 0.444 e. The van der Waals surface area contributed by atoms with Crippen LogP contribution < -0.4 is 10.6 Å². The van der Waals surface area contributed by atoms with Crippen molar-refractivity contribution in [3.8, 4) is 11.5 Å². The van der Waals surface area contributed by atoms with Gasteiger partial charge in [-0.15, -0.1) is 0 Å². The van der Waals surface area contributed by atoms with Gasteiger partial charge < -0.3 is 15.1 Å². The number of rotatable bonds is 7. The second-order valence-electron chi connectivity index (χ2n) is 8.46. The highest BCUT2D eigenvalue weighted by Gasteiger charge is 2.58. The number of aliphatic imine (C=N–C) groups is 1. The molecule has 8 heteroatoms. The van der Waals surface area contributed by atoms with Crippen molar-refractivity contribution in [3.63, 3.8) is 0 Å². The molecule has 1 saturated carbocycles. The van der Waals surface area contributed by atoms with Gasteiger partial charge in [-0.3, -0.25) is 14.5 Å². The zero-order valence-corrected chi connectivity index (χ0v) is 18.0. The Morgan fingerprint density at radius 1 is 1.12 bits per heavy atom. The van der Waals surface area contributed by atoms with Crippen molar-refractivity contribution in [2.75, 3.05) is 19.6 Å². The van der Waals surface area contributed by atoms with Gasteiger partial charge >= 0.3 is 0 Å². The summed E-state index contributed by atoms with van der Waals surface area (Å²) in [6.07, 6.45) is 6.78. The number of fused-ring (bicyclic) bond motifs is 5. The van der Waals surface area contributed by atoms with E-state index in [1.165, 1.54) is 4.90 Å². The van der Waals surface area contributed by atoms with Crippen molar-refractivity contribution >= 4 is 17.8 Å². The lowest BCUT2D eigenvalue weighted by Crippen LogP contribution is -2.43. The van der Waals surface area contributed by atoms with Gasteiger partial charge in [-0.05, 0) is 37.3 Å². The van der Waals surface area contributed by atoms with Gasteiger partial charge in [0.25, 0.3) is 0 Å². The first-order valence-corrected chi connectivity index (χ1v) is 11.2. The number of benzene rings is 1. The monoisotopic (exact) mass is 433 g/mol. The summed E-state index contributed by atoms with van der Waals surface area (Å²) in [5.41, 5.74) is 1.64. The minimum absolute atomic E-state index is 0.0170. The normalized spacial score (nSPS) is 26.2. The molecule has 5 rings (SSSR count). The molecule has 32 heavy (non-hydrogen) atoms. The lowest BCUT2D eigenvalue weighted by atomic mass is 9.85. The van der Waals surface area contributed by atoms with Crippen LogP contribution in [0.15, 0.2) is 58.2 Å². The summed E-state index contributed by atoms with van der Waals surface area (Å²) in [4.78, 5) is 36.1. The van der Waals surface area contributed by atoms with Gasteiger partial charge in [0.05, 0.1) is 18.4 Å². The predicted octanol–water partition coefficient (Wildman–Crippen LogP) is 2.20. The molecule has 2 aliphatic carbocycles. The molecule has 2 bridgehead atoms. The zero-order chi connectivity index (χ0) is 22.1. The molecule has 4 unspecified atom stereocenters. The summed E-state index contributed by atoms with van der Waals surface area (Å²) < 4.78 is 5.57. The van der Waals surface area contributed by atoms with Crippen molar-refractivity contribution in [1.82, 2.24) is 20.5 Å². The average molecular weight is 434 g/mol. The van der Waals surface area contributed by atoms with Crippen LogP contribution in [0.1, 0.15) is 19.0 Å². The lowest BCUT2D eigenvalue weighted by molar-refractivity contribution is -0.140. The summed E-state index contributed by atoms with van der Waals surface area (Å²) in [6, 6.07) is 9.72. The van der Waals surface area contributed by atoms with Gasteiger partial charge in [0.1, 0.15) is 12.0 Å².